The zero-order valence-corrected chi connectivity index (χ0v) is 10.3. The lowest BCUT2D eigenvalue weighted by Crippen LogP contribution is -2.62. The summed E-state index contributed by atoms with van der Waals surface area (Å²) in [6.45, 7) is 0. The summed E-state index contributed by atoms with van der Waals surface area (Å²) in [7, 11) is 2.61. The van der Waals surface area contributed by atoms with Crippen LogP contribution in [0.2, 0.25) is 0 Å². The third-order valence-electron chi connectivity index (χ3n) is 5.84. The largest absolute Gasteiger partial charge is 0.319 e. The van der Waals surface area contributed by atoms with E-state index in [9.17, 15) is 0 Å². The maximum absolute atomic E-state index is 2.61. The van der Waals surface area contributed by atoms with Gasteiger partial charge in [-0.05, 0) is 44.9 Å². The van der Waals surface area contributed by atoms with Crippen molar-refractivity contribution in [2.45, 2.75) is 82.3 Å². The molecule has 2 atom stereocenters. The minimum Gasteiger partial charge on any atom is -0.319 e. The van der Waals surface area contributed by atoms with Gasteiger partial charge in [0.25, 0.3) is 0 Å². The number of hydrogen-bond donors (Lipinski definition) is 0. The Balaban J connectivity index is 1.81. The van der Waals surface area contributed by atoms with E-state index in [2.05, 4.69) is 7.05 Å². The Morgan fingerprint density at radius 2 is 1.07 bits per heavy atom. The molecule has 2 bridgehead atoms. The molecular formula is C14H26N+. The molecular weight excluding hydrogens is 182 g/mol. The summed E-state index contributed by atoms with van der Waals surface area (Å²) in [6.07, 6.45) is 15.3. The fourth-order valence-corrected chi connectivity index (χ4v) is 4.91. The van der Waals surface area contributed by atoms with Crippen molar-refractivity contribution in [1.82, 2.24) is 0 Å². The van der Waals surface area contributed by atoms with Crippen molar-refractivity contribution in [3.8, 4) is 0 Å². The van der Waals surface area contributed by atoms with Crippen LogP contribution in [0.5, 0.6) is 0 Å². The third kappa shape index (κ3) is 1.46. The molecule has 1 saturated carbocycles. The number of nitrogens with zero attached hydrogens (tertiary/aromatic N) is 1. The lowest BCUT2D eigenvalue weighted by Gasteiger charge is -2.51. The van der Waals surface area contributed by atoms with Crippen molar-refractivity contribution in [3.05, 3.63) is 0 Å². The zero-order chi connectivity index (χ0) is 10.3. The van der Waals surface area contributed by atoms with Crippen LogP contribution in [0.25, 0.3) is 0 Å². The number of rotatable bonds is 1. The number of quaternary nitrogens is 1. The third-order valence-corrected chi connectivity index (χ3v) is 5.84. The van der Waals surface area contributed by atoms with Crippen LogP contribution in [0, 0.1) is 0 Å². The molecule has 0 N–H and O–H groups in total. The van der Waals surface area contributed by atoms with Crippen molar-refractivity contribution < 1.29 is 4.48 Å². The molecule has 3 fully saturated rings. The highest BCUT2D eigenvalue weighted by molar-refractivity contribution is 4.84. The quantitative estimate of drug-likeness (QED) is 0.579. The molecule has 0 spiro atoms. The van der Waals surface area contributed by atoms with E-state index in [-0.39, 0.29) is 0 Å². The highest BCUT2D eigenvalue weighted by atomic mass is 15.4. The summed E-state index contributed by atoms with van der Waals surface area (Å²) in [5.41, 5.74) is 0. The first kappa shape index (κ1) is 10.1. The lowest BCUT2D eigenvalue weighted by atomic mass is 9.87. The van der Waals surface area contributed by atoms with E-state index in [1.807, 2.05) is 0 Å². The molecule has 3 aliphatic rings. The van der Waals surface area contributed by atoms with E-state index >= 15 is 0 Å². The SMILES string of the molecule is C[N+]1(C2CCCCC2)C2CCCC1CC2. The molecule has 0 aromatic carbocycles. The Labute approximate surface area is 94.4 Å². The van der Waals surface area contributed by atoms with Gasteiger partial charge >= 0.3 is 0 Å². The Morgan fingerprint density at radius 3 is 1.67 bits per heavy atom. The zero-order valence-electron chi connectivity index (χ0n) is 10.3. The normalized spacial score (nSPS) is 47.0. The monoisotopic (exact) mass is 208 g/mol. The average Bonchev–Trinajstić information content (AvgIpc) is 2.51. The second kappa shape index (κ2) is 3.76. The maximum atomic E-state index is 2.61. The molecule has 1 aliphatic carbocycles. The topological polar surface area (TPSA) is 0 Å². The van der Waals surface area contributed by atoms with Crippen LogP contribution in [0.1, 0.15) is 64.2 Å². The van der Waals surface area contributed by atoms with Crippen LogP contribution in [0.15, 0.2) is 0 Å². The minimum absolute atomic E-state index is 1.04. The van der Waals surface area contributed by atoms with Crippen LogP contribution in [0.4, 0.5) is 0 Å². The molecule has 2 heterocycles. The summed E-state index contributed by atoms with van der Waals surface area (Å²) in [5.74, 6) is 0. The predicted molar refractivity (Wildman–Crippen MR) is 63.7 cm³/mol. The van der Waals surface area contributed by atoms with Crippen LogP contribution in [0.3, 0.4) is 0 Å². The molecule has 15 heavy (non-hydrogen) atoms. The average molecular weight is 208 g/mol. The van der Waals surface area contributed by atoms with Gasteiger partial charge in [-0.3, -0.25) is 0 Å². The number of piperidine rings is 1. The molecule has 1 heteroatoms. The highest BCUT2D eigenvalue weighted by Crippen LogP contribution is 2.45. The molecule has 86 valence electrons. The maximum Gasteiger partial charge on any atom is 0.0894 e. The van der Waals surface area contributed by atoms with E-state index in [4.69, 9.17) is 0 Å². The Hall–Kier alpha value is -0.0400. The smallest absolute Gasteiger partial charge is 0.0894 e. The van der Waals surface area contributed by atoms with Crippen LogP contribution >= 0.6 is 0 Å². The summed E-state index contributed by atoms with van der Waals surface area (Å²) in [5, 5.41) is 0. The first-order valence-electron chi connectivity index (χ1n) is 7.17. The highest BCUT2D eigenvalue weighted by Gasteiger charge is 2.52. The molecule has 1 nitrogen and oxygen atoms in total. The fourth-order valence-electron chi connectivity index (χ4n) is 4.91. The second-order valence-electron chi connectivity index (χ2n) is 6.33. The van der Waals surface area contributed by atoms with E-state index in [1.165, 1.54) is 68.7 Å². The van der Waals surface area contributed by atoms with Crippen LogP contribution in [-0.4, -0.2) is 29.7 Å². The molecule has 0 amide bonds. The molecule has 2 saturated heterocycles. The van der Waals surface area contributed by atoms with Gasteiger partial charge in [0, 0.05) is 12.8 Å². The molecule has 0 aromatic rings. The summed E-state index contributed by atoms with van der Waals surface area (Å²) < 4.78 is 1.50. The summed E-state index contributed by atoms with van der Waals surface area (Å²) in [4.78, 5) is 0. The Morgan fingerprint density at radius 1 is 0.600 bits per heavy atom. The van der Waals surface area contributed by atoms with Gasteiger partial charge in [-0.25, -0.2) is 0 Å². The second-order valence-corrected chi connectivity index (χ2v) is 6.33. The van der Waals surface area contributed by atoms with E-state index in [1.54, 1.807) is 0 Å². The summed E-state index contributed by atoms with van der Waals surface area (Å²) in [6, 6.07) is 3.13. The Kier molecular flexibility index (Phi) is 2.54. The van der Waals surface area contributed by atoms with Crippen molar-refractivity contribution in [1.29, 1.82) is 0 Å². The lowest BCUT2D eigenvalue weighted by molar-refractivity contribution is -0.971. The molecule has 2 aliphatic heterocycles. The summed E-state index contributed by atoms with van der Waals surface area (Å²) >= 11 is 0. The van der Waals surface area contributed by atoms with Crippen molar-refractivity contribution in [2.75, 3.05) is 7.05 Å². The fraction of sp³-hybridized carbons (Fsp3) is 1.00. The van der Waals surface area contributed by atoms with E-state index < -0.39 is 0 Å². The van der Waals surface area contributed by atoms with Crippen molar-refractivity contribution >= 4 is 0 Å². The Bertz CT molecular complexity index is 213. The van der Waals surface area contributed by atoms with Crippen molar-refractivity contribution in [3.63, 3.8) is 0 Å². The predicted octanol–water partition coefficient (Wildman–Crippen LogP) is 3.48. The van der Waals surface area contributed by atoms with Gasteiger partial charge in [-0.15, -0.1) is 0 Å². The van der Waals surface area contributed by atoms with Crippen LogP contribution in [-0.2, 0) is 0 Å². The van der Waals surface area contributed by atoms with Gasteiger partial charge in [0.2, 0.25) is 0 Å². The van der Waals surface area contributed by atoms with Gasteiger partial charge in [0.15, 0.2) is 0 Å². The first-order chi connectivity index (χ1) is 7.32. The van der Waals surface area contributed by atoms with Crippen LogP contribution < -0.4 is 0 Å². The van der Waals surface area contributed by atoms with E-state index in [0.29, 0.717) is 0 Å². The van der Waals surface area contributed by atoms with Gasteiger partial charge < -0.3 is 4.48 Å². The molecule has 3 rings (SSSR count). The van der Waals surface area contributed by atoms with Gasteiger partial charge in [-0.1, -0.05) is 6.42 Å². The van der Waals surface area contributed by atoms with Gasteiger partial charge in [-0.2, -0.15) is 0 Å². The van der Waals surface area contributed by atoms with Gasteiger partial charge in [0.05, 0.1) is 25.2 Å². The van der Waals surface area contributed by atoms with E-state index in [0.717, 1.165) is 18.1 Å². The molecule has 0 radical (unpaired) electrons. The molecule has 0 aromatic heterocycles. The number of fused-ring (bicyclic) bond motifs is 2. The minimum atomic E-state index is 1.04. The van der Waals surface area contributed by atoms with Crippen molar-refractivity contribution in [2.24, 2.45) is 0 Å². The standard InChI is InChI=1S/C14H26N/c1-15(12-6-3-2-4-7-12)13-8-5-9-14(15)11-10-13/h12-14H,2-11H2,1H3/q+1. The van der Waals surface area contributed by atoms with Gasteiger partial charge in [0.1, 0.15) is 0 Å². The first-order valence-corrected chi connectivity index (χ1v) is 7.17. The molecule has 2 unspecified atom stereocenters. The number of hydrogen-bond acceptors (Lipinski definition) is 0.